The SMILES string of the molecule is c1ccc(-c2cc(-c3nc(-c4ccc(-c5ccncc5)cc4)nc(-c4ccc5ccccc5c4)n3)ccc2-c2ccc3c(c2)C2(c4ccccc4-c4ccccc42)c2ccccc2-3)cc1. The van der Waals surface area contributed by atoms with E-state index in [-0.39, 0.29) is 0 Å². The molecule has 4 heteroatoms. The van der Waals surface area contributed by atoms with Crippen LogP contribution < -0.4 is 0 Å². The lowest BCUT2D eigenvalue weighted by Gasteiger charge is -2.30. The summed E-state index contributed by atoms with van der Waals surface area (Å²) in [6, 6.07) is 78.7. The molecule has 2 heterocycles. The molecule has 0 bridgehead atoms. The minimum absolute atomic E-state index is 0.432. The van der Waals surface area contributed by atoms with Gasteiger partial charge in [-0.3, -0.25) is 4.98 Å². The quantitative estimate of drug-likeness (QED) is 0.168. The van der Waals surface area contributed by atoms with Gasteiger partial charge in [0.05, 0.1) is 5.41 Å². The first-order valence-corrected chi connectivity index (χ1v) is 22.1. The lowest BCUT2D eigenvalue weighted by molar-refractivity contribution is 0.794. The van der Waals surface area contributed by atoms with Crippen LogP contribution in [-0.2, 0) is 5.41 Å². The van der Waals surface area contributed by atoms with E-state index in [0.29, 0.717) is 17.5 Å². The number of rotatable bonds is 6. The highest BCUT2D eigenvalue weighted by atomic mass is 15.0. The van der Waals surface area contributed by atoms with Crippen molar-refractivity contribution in [1.29, 1.82) is 0 Å². The van der Waals surface area contributed by atoms with Crippen LogP contribution >= 0.6 is 0 Å². The van der Waals surface area contributed by atoms with Crippen LogP contribution in [0.15, 0.2) is 231 Å². The first-order chi connectivity index (χ1) is 32.2. The summed E-state index contributed by atoms with van der Waals surface area (Å²) < 4.78 is 0. The van der Waals surface area contributed by atoms with Crippen LogP contribution in [-0.4, -0.2) is 19.9 Å². The molecule has 0 radical (unpaired) electrons. The Morgan fingerprint density at radius 1 is 0.246 bits per heavy atom. The number of nitrogens with zero attached hydrogens (tertiary/aromatic N) is 4. The van der Waals surface area contributed by atoms with Crippen LogP contribution in [0, 0.1) is 0 Å². The summed E-state index contributed by atoms with van der Waals surface area (Å²) in [6.45, 7) is 0. The van der Waals surface area contributed by atoms with E-state index in [1.165, 1.54) is 49.9 Å². The molecule has 13 rings (SSSR count). The van der Waals surface area contributed by atoms with Gasteiger partial charge >= 0.3 is 0 Å². The normalized spacial score (nSPS) is 12.7. The zero-order valence-electron chi connectivity index (χ0n) is 35.2. The summed E-state index contributed by atoms with van der Waals surface area (Å²) in [5.74, 6) is 1.85. The topological polar surface area (TPSA) is 51.6 Å². The van der Waals surface area contributed by atoms with Gasteiger partial charge in [-0.2, -0.15) is 0 Å². The molecule has 1 spiro atoms. The van der Waals surface area contributed by atoms with Gasteiger partial charge in [-0.25, -0.2) is 15.0 Å². The first-order valence-electron chi connectivity index (χ1n) is 22.1. The highest BCUT2D eigenvalue weighted by Gasteiger charge is 2.51. The molecule has 2 aromatic heterocycles. The van der Waals surface area contributed by atoms with Gasteiger partial charge < -0.3 is 0 Å². The molecular formula is C61H38N4. The van der Waals surface area contributed by atoms with Crippen LogP contribution in [0.3, 0.4) is 0 Å². The largest absolute Gasteiger partial charge is 0.265 e. The Labute approximate surface area is 377 Å². The number of benzene rings is 9. The van der Waals surface area contributed by atoms with Crippen LogP contribution in [0.2, 0.25) is 0 Å². The summed E-state index contributed by atoms with van der Waals surface area (Å²) in [4.78, 5) is 19.8. The fourth-order valence-electron chi connectivity index (χ4n) is 10.5. The van der Waals surface area contributed by atoms with Gasteiger partial charge in [-0.1, -0.05) is 188 Å². The molecule has 9 aromatic carbocycles. The Morgan fingerprint density at radius 3 is 1.37 bits per heavy atom. The van der Waals surface area contributed by atoms with E-state index < -0.39 is 5.41 Å². The van der Waals surface area contributed by atoms with E-state index in [1.807, 2.05) is 24.5 Å². The number of hydrogen-bond donors (Lipinski definition) is 0. The fourth-order valence-corrected chi connectivity index (χ4v) is 10.5. The minimum Gasteiger partial charge on any atom is -0.265 e. The molecule has 2 aliphatic rings. The average Bonchev–Trinajstić information content (AvgIpc) is 3.86. The van der Waals surface area contributed by atoms with E-state index in [4.69, 9.17) is 15.0 Å². The second-order valence-corrected chi connectivity index (χ2v) is 17.0. The maximum Gasteiger partial charge on any atom is 0.164 e. The molecule has 0 amide bonds. The number of fused-ring (bicyclic) bond motifs is 11. The molecule has 0 aliphatic heterocycles. The monoisotopic (exact) mass is 826 g/mol. The van der Waals surface area contributed by atoms with Crippen molar-refractivity contribution in [3.8, 4) is 89.8 Å². The molecular weight excluding hydrogens is 789 g/mol. The van der Waals surface area contributed by atoms with Gasteiger partial charge in [0.15, 0.2) is 17.5 Å². The smallest absolute Gasteiger partial charge is 0.164 e. The maximum atomic E-state index is 5.24. The van der Waals surface area contributed by atoms with Crippen molar-refractivity contribution >= 4 is 10.8 Å². The summed E-state index contributed by atoms with van der Waals surface area (Å²) in [7, 11) is 0. The van der Waals surface area contributed by atoms with E-state index in [1.54, 1.807) is 0 Å². The Hall–Kier alpha value is -8.60. The third kappa shape index (κ3) is 5.85. The predicted molar refractivity (Wildman–Crippen MR) is 264 cm³/mol. The molecule has 302 valence electrons. The number of aromatic nitrogens is 4. The molecule has 11 aromatic rings. The Morgan fingerprint density at radius 2 is 0.708 bits per heavy atom. The summed E-state index contributed by atoms with van der Waals surface area (Å²) >= 11 is 0. The van der Waals surface area contributed by atoms with Gasteiger partial charge in [0, 0.05) is 29.1 Å². The van der Waals surface area contributed by atoms with E-state index in [2.05, 4.69) is 211 Å². The molecule has 0 saturated carbocycles. The van der Waals surface area contributed by atoms with Crippen LogP contribution in [0.4, 0.5) is 0 Å². The molecule has 0 N–H and O–H groups in total. The molecule has 0 saturated heterocycles. The summed E-state index contributed by atoms with van der Waals surface area (Å²) in [5.41, 5.74) is 19.6. The van der Waals surface area contributed by atoms with Gasteiger partial charge in [-0.15, -0.1) is 0 Å². The van der Waals surface area contributed by atoms with Crippen molar-refractivity contribution in [3.05, 3.63) is 253 Å². The van der Waals surface area contributed by atoms with Crippen molar-refractivity contribution in [2.45, 2.75) is 5.41 Å². The fraction of sp³-hybridized carbons (Fsp3) is 0.0164. The third-order valence-electron chi connectivity index (χ3n) is 13.5. The van der Waals surface area contributed by atoms with Crippen LogP contribution in [0.5, 0.6) is 0 Å². The predicted octanol–water partition coefficient (Wildman–Crippen LogP) is 14.8. The molecule has 65 heavy (non-hydrogen) atoms. The first kappa shape index (κ1) is 37.0. The second-order valence-electron chi connectivity index (χ2n) is 17.0. The van der Waals surface area contributed by atoms with Crippen molar-refractivity contribution < 1.29 is 0 Å². The summed E-state index contributed by atoms with van der Waals surface area (Å²) in [6.07, 6.45) is 3.64. The average molecular weight is 827 g/mol. The third-order valence-corrected chi connectivity index (χ3v) is 13.5. The Kier molecular flexibility index (Phi) is 8.40. The van der Waals surface area contributed by atoms with Crippen LogP contribution in [0.1, 0.15) is 22.3 Å². The number of pyridine rings is 1. The lowest BCUT2D eigenvalue weighted by atomic mass is 9.70. The van der Waals surface area contributed by atoms with Gasteiger partial charge in [0.1, 0.15) is 0 Å². The van der Waals surface area contributed by atoms with E-state index >= 15 is 0 Å². The highest BCUT2D eigenvalue weighted by Crippen LogP contribution is 2.63. The van der Waals surface area contributed by atoms with Crippen molar-refractivity contribution in [2.24, 2.45) is 0 Å². The van der Waals surface area contributed by atoms with E-state index in [0.717, 1.165) is 55.5 Å². The molecule has 0 atom stereocenters. The Bertz CT molecular complexity index is 3590. The Balaban J connectivity index is 0.991. The van der Waals surface area contributed by atoms with Gasteiger partial charge in [-0.05, 0) is 119 Å². The molecule has 0 unspecified atom stereocenters. The zero-order valence-corrected chi connectivity index (χ0v) is 35.2. The van der Waals surface area contributed by atoms with Crippen molar-refractivity contribution in [2.75, 3.05) is 0 Å². The molecule has 0 fully saturated rings. The molecule has 4 nitrogen and oxygen atoms in total. The highest BCUT2D eigenvalue weighted by molar-refractivity contribution is 5.97. The summed E-state index contributed by atoms with van der Waals surface area (Å²) in [5, 5.41) is 2.30. The standard InChI is InChI=1S/C61H38N4/c1-2-13-42(14-3-1)53-37-47(60-64-58(43-25-22-40(23-26-43)41-32-34-62-35-33-41)63-59(65-60)46-27-24-39-12-4-5-15-44(39)36-46)29-30-48(53)45-28-31-52-51-18-8-11-21-56(51)61(57(52)38-45)54-19-9-6-16-49(54)50-17-7-10-20-55(50)61/h1-38H. The van der Waals surface area contributed by atoms with Crippen molar-refractivity contribution in [1.82, 2.24) is 19.9 Å². The van der Waals surface area contributed by atoms with Crippen molar-refractivity contribution in [3.63, 3.8) is 0 Å². The maximum absolute atomic E-state index is 5.24. The zero-order chi connectivity index (χ0) is 42.9. The lowest BCUT2D eigenvalue weighted by Crippen LogP contribution is -2.25. The van der Waals surface area contributed by atoms with Gasteiger partial charge in [0.2, 0.25) is 0 Å². The number of hydrogen-bond acceptors (Lipinski definition) is 4. The minimum atomic E-state index is -0.432. The second kappa shape index (κ2) is 14.8. The van der Waals surface area contributed by atoms with Crippen LogP contribution in [0.25, 0.3) is 101 Å². The van der Waals surface area contributed by atoms with Gasteiger partial charge in [0.25, 0.3) is 0 Å². The van der Waals surface area contributed by atoms with E-state index in [9.17, 15) is 0 Å². The molecule has 2 aliphatic carbocycles.